The largest absolute Gasteiger partial charge is 0.417 e. The fourth-order valence-electron chi connectivity index (χ4n) is 6.97. The Kier molecular flexibility index (Phi) is 4.58. The SMILES string of the molecule is O=C(CC12CC3CC(CC(O)(C3)C1)C2)N1CCN(c2ccc(C(F)(F)F)cn2)CC1. The summed E-state index contributed by atoms with van der Waals surface area (Å²) in [5, 5.41) is 10.9. The summed E-state index contributed by atoms with van der Waals surface area (Å²) in [5.74, 6) is 1.79. The van der Waals surface area contributed by atoms with Crippen molar-refractivity contribution in [2.75, 3.05) is 31.1 Å². The molecule has 4 bridgehead atoms. The van der Waals surface area contributed by atoms with Crippen LogP contribution in [0.15, 0.2) is 18.3 Å². The van der Waals surface area contributed by atoms with Crippen LogP contribution in [-0.4, -0.2) is 52.7 Å². The number of piperazine rings is 1. The quantitative estimate of drug-likeness (QED) is 0.809. The van der Waals surface area contributed by atoms with E-state index in [2.05, 4.69) is 4.98 Å². The number of alkyl halides is 3. The molecule has 2 heterocycles. The molecule has 1 N–H and O–H groups in total. The van der Waals surface area contributed by atoms with Gasteiger partial charge in [-0.05, 0) is 67.9 Å². The second-order valence-electron chi connectivity index (χ2n) is 10.1. The topological polar surface area (TPSA) is 56.7 Å². The van der Waals surface area contributed by atoms with Crippen LogP contribution in [0.4, 0.5) is 19.0 Å². The number of aromatic nitrogens is 1. The Labute approximate surface area is 174 Å². The molecule has 8 heteroatoms. The fourth-order valence-corrected chi connectivity index (χ4v) is 6.97. The Hall–Kier alpha value is -1.83. The zero-order valence-corrected chi connectivity index (χ0v) is 17.0. The summed E-state index contributed by atoms with van der Waals surface area (Å²) in [6.45, 7) is 2.22. The number of halogens is 3. The van der Waals surface area contributed by atoms with E-state index in [-0.39, 0.29) is 11.3 Å². The highest BCUT2D eigenvalue weighted by molar-refractivity contribution is 5.77. The lowest BCUT2D eigenvalue weighted by atomic mass is 9.47. The zero-order chi connectivity index (χ0) is 21.1. The summed E-state index contributed by atoms with van der Waals surface area (Å²) in [5.41, 5.74) is -1.35. The molecular weight excluding hydrogens is 395 g/mol. The van der Waals surface area contributed by atoms with Crippen LogP contribution in [0.1, 0.15) is 50.5 Å². The summed E-state index contributed by atoms with van der Waals surface area (Å²) in [6, 6.07) is 2.45. The van der Waals surface area contributed by atoms with E-state index in [0.717, 1.165) is 44.4 Å². The van der Waals surface area contributed by atoms with Crippen molar-refractivity contribution in [1.29, 1.82) is 0 Å². The fraction of sp³-hybridized carbons (Fsp3) is 0.727. The lowest BCUT2D eigenvalue weighted by molar-refractivity contribution is -0.172. The predicted molar refractivity (Wildman–Crippen MR) is 105 cm³/mol. The molecule has 2 atom stereocenters. The molecule has 164 valence electrons. The molecule has 5 nitrogen and oxygen atoms in total. The van der Waals surface area contributed by atoms with Crippen molar-refractivity contribution in [3.8, 4) is 0 Å². The van der Waals surface area contributed by atoms with Gasteiger partial charge in [0.15, 0.2) is 0 Å². The molecule has 5 aliphatic rings. The maximum Gasteiger partial charge on any atom is 0.417 e. The first-order chi connectivity index (χ1) is 14.1. The molecule has 0 radical (unpaired) electrons. The van der Waals surface area contributed by atoms with Crippen molar-refractivity contribution in [2.24, 2.45) is 17.3 Å². The normalized spacial score (nSPS) is 35.7. The van der Waals surface area contributed by atoms with Crippen molar-refractivity contribution in [3.05, 3.63) is 23.9 Å². The van der Waals surface area contributed by atoms with Gasteiger partial charge in [0.2, 0.25) is 5.91 Å². The van der Waals surface area contributed by atoms with Crippen LogP contribution < -0.4 is 4.90 Å². The van der Waals surface area contributed by atoms with Crippen LogP contribution >= 0.6 is 0 Å². The average molecular weight is 423 g/mol. The van der Waals surface area contributed by atoms with E-state index in [9.17, 15) is 23.1 Å². The second-order valence-corrected chi connectivity index (χ2v) is 10.1. The van der Waals surface area contributed by atoms with Crippen LogP contribution in [0.25, 0.3) is 0 Å². The van der Waals surface area contributed by atoms with Crippen molar-refractivity contribution in [2.45, 2.75) is 56.7 Å². The third kappa shape index (κ3) is 3.67. The minimum Gasteiger partial charge on any atom is -0.390 e. The highest BCUT2D eigenvalue weighted by Crippen LogP contribution is 2.62. The maximum atomic E-state index is 13.1. The summed E-state index contributed by atoms with van der Waals surface area (Å²) < 4.78 is 38.2. The molecule has 1 saturated heterocycles. The van der Waals surface area contributed by atoms with E-state index in [1.54, 1.807) is 0 Å². The van der Waals surface area contributed by atoms with Gasteiger partial charge in [-0.15, -0.1) is 0 Å². The van der Waals surface area contributed by atoms with Crippen molar-refractivity contribution < 1.29 is 23.1 Å². The number of carbonyl (C=O) groups is 1. The zero-order valence-electron chi connectivity index (χ0n) is 17.0. The molecule has 1 amide bonds. The van der Waals surface area contributed by atoms with Crippen LogP contribution in [-0.2, 0) is 11.0 Å². The molecule has 0 spiro atoms. The van der Waals surface area contributed by atoms with Crippen molar-refractivity contribution in [1.82, 2.24) is 9.88 Å². The number of aliphatic hydroxyl groups is 1. The summed E-state index contributed by atoms with van der Waals surface area (Å²) in [6.07, 6.45) is 2.88. The number of carbonyl (C=O) groups excluding carboxylic acids is 1. The Morgan fingerprint density at radius 2 is 1.77 bits per heavy atom. The molecule has 0 aromatic carbocycles. The van der Waals surface area contributed by atoms with Crippen molar-refractivity contribution >= 4 is 11.7 Å². The average Bonchev–Trinajstić information content (AvgIpc) is 2.65. The predicted octanol–water partition coefficient (Wildman–Crippen LogP) is 3.47. The monoisotopic (exact) mass is 423 g/mol. The van der Waals surface area contributed by atoms with Crippen LogP contribution in [0, 0.1) is 17.3 Å². The summed E-state index contributed by atoms with van der Waals surface area (Å²) in [7, 11) is 0. The number of pyridine rings is 1. The molecule has 5 fully saturated rings. The molecule has 2 unspecified atom stereocenters. The number of rotatable bonds is 3. The van der Waals surface area contributed by atoms with Gasteiger partial charge in [0.1, 0.15) is 5.82 Å². The highest BCUT2D eigenvalue weighted by Gasteiger charge is 2.57. The van der Waals surface area contributed by atoms with Crippen molar-refractivity contribution in [3.63, 3.8) is 0 Å². The molecule has 4 aliphatic carbocycles. The van der Waals surface area contributed by atoms with Crippen LogP contribution in [0.3, 0.4) is 0 Å². The second kappa shape index (κ2) is 6.84. The number of anilines is 1. The van der Waals surface area contributed by atoms with Gasteiger partial charge >= 0.3 is 6.18 Å². The van der Waals surface area contributed by atoms with Gasteiger partial charge in [0.25, 0.3) is 0 Å². The summed E-state index contributed by atoms with van der Waals surface area (Å²) >= 11 is 0. The maximum absolute atomic E-state index is 13.1. The Balaban J connectivity index is 1.19. The third-order valence-electron chi connectivity index (χ3n) is 7.71. The van der Waals surface area contributed by atoms with Gasteiger partial charge in [0, 0.05) is 38.8 Å². The van der Waals surface area contributed by atoms with Gasteiger partial charge < -0.3 is 14.9 Å². The third-order valence-corrected chi connectivity index (χ3v) is 7.71. The minimum atomic E-state index is -4.39. The first kappa shape index (κ1) is 20.1. The standard InChI is InChI=1S/C22H28F3N3O2/c23-22(24,25)17-1-2-18(26-13-17)27-3-5-28(6-4-27)19(29)12-20-8-15-7-16(9-20)11-21(30,10-15)14-20/h1-2,13,15-16,30H,3-12,14H2. The van der Waals surface area contributed by atoms with Crippen LogP contribution in [0.2, 0.25) is 0 Å². The molecule has 1 aliphatic heterocycles. The Morgan fingerprint density at radius 1 is 1.10 bits per heavy atom. The van der Waals surface area contributed by atoms with E-state index in [1.165, 1.54) is 12.5 Å². The highest BCUT2D eigenvalue weighted by atomic mass is 19.4. The first-order valence-electron chi connectivity index (χ1n) is 10.9. The van der Waals surface area contributed by atoms with E-state index in [0.29, 0.717) is 50.3 Å². The Bertz CT molecular complexity index is 804. The van der Waals surface area contributed by atoms with E-state index < -0.39 is 17.3 Å². The lowest BCUT2D eigenvalue weighted by Gasteiger charge is -2.60. The molecule has 30 heavy (non-hydrogen) atoms. The summed E-state index contributed by atoms with van der Waals surface area (Å²) in [4.78, 5) is 20.8. The minimum absolute atomic E-state index is 0.0397. The van der Waals surface area contributed by atoms with E-state index in [4.69, 9.17) is 0 Å². The van der Waals surface area contributed by atoms with Gasteiger partial charge in [-0.3, -0.25) is 4.79 Å². The van der Waals surface area contributed by atoms with Gasteiger partial charge in [-0.2, -0.15) is 13.2 Å². The van der Waals surface area contributed by atoms with Crippen LogP contribution in [0.5, 0.6) is 0 Å². The first-order valence-corrected chi connectivity index (χ1v) is 10.9. The number of hydrogen-bond donors (Lipinski definition) is 1. The van der Waals surface area contributed by atoms with E-state index in [1.807, 2.05) is 9.80 Å². The van der Waals surface area contributed by atoms with Gasteiger partial charge in [0.05, 0.1) is 11.2 Å². The smallest absolute Gasteiger partial charge is 0.390 e. The van der Waals surface area contributed by atoms with E-state index >= 15 is 0 Å². The molecule has 4 saturated carbocycles. The lowest BCUT2D eigenvalue weighted by Crippen LogP contribution is -2.57. The number of nitrogens with zero attached hydrogens (tertiary/aromatic N) is 3. The van der Waals surface area contributed by atoms with Gasteiger partial charge in [-0.25, -0.2) is 4.98 Å². The number of hydrogen-bond acceptors (Lipinski definition) is 4. The number of amides is 1. The Morgan fingerprint density at radius 3 is 2.30 bits per heavy atom. The molecule has 6 rings (SSSR count). The molecular formula is C22H28F3N3O2. The molecule has 1 aromatic rings. The van der Waals surface area contributed by atoms with Gasteiger partial charge in [-0.1, -0.05) is 0 Å². The molecule has 1 aromatic heterocycles.